The lowest BCUT2D eigenvalue weighted by molar-refractivity contribution is -0.150. The van der Waals surface area contributed by atoms with E-state index in [-0.39, 0.29) is 30.3 Å². The first-order valence-corrected chi connectivity index (χ1v) is 7.16. The Labute approximate surface area is 138 Å². The van der Waals surface area contributed by atoms with E-state index in [0.29, 0.717) is 17.7 Å². The number of benzene rings is 1. The van der Waals surface area contributed by atoms with Gasteiger partial charge in [0.1, 0.15) is 6.04 Å². The van der Waals surface area contributed by atoms with Crippen LogP contribution < -0.4 is 11.1 Å². The van der Waals surface area contributed by atoms with Crippen molar-refractivity contribution >= 4 is 30.0 Å². The monoisotopic (exact) mass is 328 g/mol. The van der Waals surface area contributed by atoms with Gasteiger partial charge in [-0.15, -0.1) is 12.4 Å². The van der Waals surface area contributed by atoms with Crippen molar-refractivity contribution in [1.29, 1.82) is 0 Å². The number of hydrogen-bond acceptors (Lipinski definition) is 4. The average Bonchev–Trinajstić information content (AvgIpc) is 2.36. The number of hydrogen-bond donors (Lipinski definition) is 2. The summed E-state index contributed by atoms with van der Waals surface area (Å²) in [6, 6.07) is 5.99. The molecule has 3 N–H and O–H groups in total. The third-order valence-electron chi connectivity index (χ3n) is 2.80. The molecule has 1 aromatic carbocycles. The Hall–Kier alpha value is -1.75. The van der Waals surface area contributed by atoms with Gasteiger partial charge in [-0.1, -0.05) is 19.9 Å². The number of nitrogens with two attached hydrogens (primary N) is 1. The predicted octanol–water partition coefficient (Wildman–Crippen LogP) is 2.79. The van der Waals surface area contributed by atoms with Gasteiger partial charge in [0.05, 0.1) is 6.10 Å². The molecule has 1 amide bonds. The molecule has 0 bridgehead atoms. The molecule has 6 heteroatoms. The molecule has 0 fully saturated rings. The SMILES string of the molecule is CC(C)C[C@H](NC(=O)c1cccc(N)c1)C(=O)OC(C)C.Cl. The third kappa shape index (κ3) is 6.80. The van der Waals surface area contributed by atoms with Crippen LogP contribution >= 0.6 is 12.4 Å². The van der Waals surface area contributed by atoms with E-state index in [1.807, 2.05) is 13.8 Å². The van der Waals surface area contributed by atoms with Crippen LogP contribution in [0, 0.1) is 5.92 Å². The summed E-state index contributed by atoms with van der Waals surface area (Å²) >= 11 is 0. The van der Waals surface area contributed by atoms with E-state index in [1.54, 1.807) is 38.1 Å². The number of rotatable bonds is 6. The predicted molar refractivity (Wildman–Crippen MR) is 90.0 cm³/mol. The van der Waals surface area contributed by atoms with Gasteiger partial charge in [0.2, 0.25) is 0 Å². The van der Waals surface area contributed by atoms with Crippen LogP contribution in [0.3, 0.4) is 0 Å². The minimum absolute atomic E-state index is 0. The van der Waals surface area contributed by atoms with Gasteiger partial charge < -0.3 is 15.8 Å². The number of ether oxygens (including phenoxy) is 1. The number of amides is 1. The number of esters is 1. The first-order valence-electron chi connectivity index (χ1n) is 7.16. The molecule has 0 spiro atoms. The first kappa shape index (κ1) is 20.2. The molecule has 0 radical (unpaired) electrons. The van der Waals surface area contributed by atoms with Gasteiger partial charge in [0.15, 0.2) is 0 Å². The van der Waals surface area contributed by atoms with Crippen LogP contribution in [0.2, 0.25) is 0 Å². The summed E-state index contributed by atoms with van der Waals surface area (Å²) in [5.41, 5.74) is 6.60. The van der Waals surface area contributed by atoms with Crippen LogP contribution in [-0.2, 0) is 9.53 Å². The largest absolute Gasteiger partial charge is 0.461 e. The molecule has 1 rings (SSSR count). The topological polar surface area (TPSA) is 81.4 Å². The molecule has 0 saturated carbocycles. The lowest BCUT2D eigenvalue weighted by Crippen LogP contribution is -2.43. The molecule has 124 valence electrons. The van der Waals surface area contributed by atoms with Crippen LogP contribution in [0.4, 0.5) is 5.69 Å². The van der Waals surface area contributed by atoms with Gasteiger partial charge in [0, 0.05) is 11.3 Å². The second kappa shape index (κ2) is 9.30. The highest BCUT2D eigenvalue weighted by Crippen LogP contribution is 2.11. The summed E-state index contributed by atoms with van der Waals surface area (Å²) in [7, 11) is 0. The zero-order chi connectivity index (χ0) is 16.0. The molecule has 0 saturated heterocycles. The number of halogens is 1. The quantitative estimate of drug-likeness (QED) is 0.621. The van der Waals surface area contributed by atoms with Crippen LogP contribution in [-0.4, -0.2) is 24.0 Å². The Morgan fingerprint density at radius 1 is 1.23 bits per heavy atom. The van der Waals surface area contributed by atoms with Crippen molar-refractivity contribution in [1.82, 2.24) is 5.32 Å². The van der Waals surface area contributed by atoms with Crippen molar-refractivity contribution in [3.63, 3.8) is 0 Å². The normalized spacial score (nSPS) is 11.7. The Bertz CT molecular complexity index is 504. The van der Waals surface area contributed by atoms with Gasteiger partial charge in [-0.25, -0.2) is 4.79 Å². The minimum Gasteiger partial charge on any atom is -0.461 e. The summed E-state index contributed by atoms with van der Waals surface area (Å²) < 4.78 is 5.20. The maximum absolute atomic E-state index is 12.2. The molecule has 5 nitrogen and oxygen atoms in total. The smallest absolute Gasteiger partial charge is 0.328 e. The van der Waals surface area contributed by atoms with Crippen molar-refractivity contribution in [3.05, 3.63) is 29.8 Å². The summed E-state index contributed by atoms with van der Waals surface area (Å²) in [5, 5.41) is 2.73. The summed E-state index contributed by atoms with van der Waals surface area (Å²) in [6.45, 7) is 7.54. The molecule has 1 atom stereocenters. The fraction of sp³-hybridized carbons (Fsp3) is 0.500. The van der Waals surface area contributed by atoms with E-state index in [4.69, 9.17) is 10.5 Å². The average molecular weight is 329 g/mol. The molecule has 22 heavy (non-hydrogen) atoms. The van der Waals surface area contributed by atoms with E-state index in [2.05, 4.69) is 5.32 Å². The Morgan fingerprint density at radius 3 is 2.36 bits per heavy atom. The maximum atomic E-state index is 12.2. The van der Waals surface area contributed by atoms with Crippen LogP contribution in [0.15, 0.2) is 24.3 Å². The third-order valence-corrected chi connectivity index (χ3v) is 2.80. The van der Waals surface area contributed by atoms with Crippen molar-refractivity contribution in [2.45, 2.75) is 46.3 Å². The Morgan fingerprint density at radius 2 is 1.86 bits per heavy atom. The second-order valence-corrected chi connectivity index (χ2v) is 5.77. The van der Waals surface area contributed by atoms with Crippen molar-refractivity contribution in [2.24, 2.45) is 5.92 Å². The van der Waals surface area contributed by atoms with Gasteiger partial charge >= 0.3 is 5.97 Å². The molecule has 0 aliphatic carbocycles. The van der Waals surface area contributed by atoms with Gasteiger partial charge in [-0.3, -0.25) is 4.79 Å². The Balaban J connectivity index is 0.00000441. The van der Waals surface area contributed by atoms with E-state index in [0.717, 1.165) is 0 Å². The first-order chi connectivity index (χ1) is 9.79. The summed E-state index contributed by atoms with van der Waals surface area (Å²) in [4.78, 5) is 24.3. The number of anilines is 1. The summed E-state index contributed by atoms with van der Waals surface area (Å²) in [6.07, 6.45) is 0.316. The zero-order valence-electron chi connectivity index (χ0n) is 13.5. The highest BCUT2D eigenvalue weighted by Gasteiger charge is 2.24. The van der Waals surface area contributed by atoms with Gasteiger partial charge in [-0.05, 0) is 44.4 Å². The number of nitrogen functional groups attached to an aromatic ring is 1. The maximum Gasteiger partial charge on any atom is 0.328 e. The van der Waals surface area contributed by atoms with Crippen LogP contribution in [0.5, 0.6) is 0 Å². The minimum atomic E-state index is -0.652. The van der Waals surface area contributed by atoms with Crippen molar-refractivity contribution in [2.75, 3.05) is 5.73 Å². The molecule has 1 aromatic rings. The highest BCUT2D eigenvalue weighted by atomic mass is 35.5. The second-order valence-electron chi connectivity index (χ2n) is 5.77. The molecular weight excluding hydrogens is 304 g/mol. The summed E-state index contributed by atoms with van der Waals surface area (Å²) in [5.74, 6) is -0.472. The fourth-order valence-electron chi connectivity index (χ4n) is 1.92. The van der Waals surface area contributed by atoms with E-state index in [1.165, 1.54) is 0 Å². The molecule has 0 aromatic heterocycles. The van der Waals surface area contributed by atoms with Crippen molar-refractivity contribution in [3.8, 4) is 0 Å². The Kier molecular flexibility index (Phi) is 8.56. The number of carbonyl (C=O) groups excluding carboxylic acids is 2. The van der Waals surface area contributed by atoms with Crippen LogP contribution in [0.1, 0.15) is 44.5 Å². The highest BCUT2D eigenvalue weighted by molar-refractivity contribution is 5.97. The molecule has 0 aliphatic heterocycles. The lowest BCUT2D eigenvalue weighted by Gasteiger charge is -2.20. The molecule has 0 heterocycles. The van der Waals surface area contributed by atoms with Crippen molar-refractivity contribution < 1.29 is 14.3 Å². The van der Waals surface area contributed by atoms with Gasteiger partial charge in [0.25, 0.3) is 5.91 Å². The lowest BCUT2D eigenvalue weighted by atomic mass is 10.0. The molecule has 0 aliphatic rings. The molecular formula is C16H25ClN2O3. The van der Waals surface area contributed by atoms with E-state index in [9.17, 15) is 9.59 Å². The number of carbonyl (C=O) groups is 2. The number of nitrogens with one attached hydrogen (secondary N) is 1. The zero-order valence-corrected chi connectivity index (χ0v) is 14.3. The molecule has 0 unspecified atom stereocenters. The van der Waals surface area contributed by atoms with Gasteiger partial charge in [-0.2, -0.15) is 0 Å². The standard InChI is InChI=1S/C16H24N2O3.ClH/c1-10(2)8-14(16(20)21-11(3)4)18-15(19)12-6-5-7-13(17)9-12;/h5-7,9-11,14H,8,17H2,1-4H3,(H,18,19);1H/t14-;/m0./s1. The van der Waals surface area contributed by atoms with E-state index >= 15 is 0 Å². The van der Waals surface area contributed by atoms with Crippen LogP contribution in [0.25, 0.3) is 0 Å². The van der Waals surface area contributed by atoms with E-state index < -0.39 is 12.0 Å². The fourth-order valence-corrected chi connectivity index (χ4v) is 1.92.